The number of hydrogen-bond acceptors (Lipinski definition) is 24. The number of aliphatic hydroxyl groups excluding tert-OH is 1. The number of aromatic nitrogens is 7. The number of ether oxygens (including phenoxy) is 1. The van der Waals surface area contributed by atoms with E-state index < -0.39 is 103 Å². The molecule has 7 atom stereocenters. The fourth-order valence-corrected chi connectivity index (χ4v) is 15.1. The van der Waals surface area contributed by atoms with Gasteiger partial charge in [0.2, 0.25) is 11.8 Å². The number of phenols is 1. The Balaban J connectivity index is 1.03. The Morgan fingerprint density at radius 1 is 0.693 bits per heavy atom. The van der Waals surface area contributed by atoms with E-state index in [4.69, 9.17) is 36.1 Å². The number of phenolic OH excluding ortho intramolecular Hbond substituents is 1. The maximum atomic E-state index is 15.5. The summed E-state index contributed by atoms with van der Waals surface area (Å²) < 4.78 is 5.79. The molecule has 2 aromatic carbocycles. The molecule has 0 radical (unpaired) electrons. The number of aliphatic carboxylic acids is 1. The first-order chi connectivity index (χ1) is 42.2. The number of alkyl carbamates (subject to hydrolysis) is 1. The minimum atomic E-state index is -1.46. The number of nitrogens with two attached hydrogens (primary N) is 2. The number of amides is 7. The second kappa shape index (κ2) is 25.6. The molecule has 450 valence electrons. The quantitative estimate of drug-likeness (QED) is 0.0695. The van der Waals surface area contributed by atoms with Crippen LogP contribution in [0.1, 0.15) is 111 Å². The molecule has 7 amide bonds. The molecule has 26 nitrogen and oxygen atoms in total. The van der Waals surface area contributed by atoms with Crippen molar-refractivity contribution in [3.05, 3.63) is 147 Å². The van der Waals surface area contributed by atoms with Crippen molar-refractivity contribution in [1.82, 2.24) is 61.1 Å². The van der Waals surface area contributed by atoms with E-state index in [2.05, 4.69) is 36.2 Å². The highest BCUT2D eigenvalue weighted by Crippen LogP contribution is 2.44. The molecule has 9 aromatic rings. The highest BCUT2D eigenvalue weighted by Gasteiger charge is 2.48. The van der Waals surface area contributed by atoms with Crippen molar-refractivity contribution in [3.63, 3.8) is 0 Å². The van der Waals surface area contributed by atoms with Gasteiger partial charge in [-0.3, -0.25) is 33.6 Å². The first kappa shape index (κ1) is 60.4. The standard InChI is InChI=1S/C56H48N14O12S6/c1-23-37(82-56(81)59-16-39(73)74)17-70-43(23)54-67-36(22-87-54)51-63-32(18-84-51)41-28(12-13-29(60-41)50-64-33(19-85-50)45(58)76)49-65-34(20-83-49)46(77)61-30(15-38(57)72)52-69-40(24(2)88-52)48(79)68-42(44(75)26-6-4-3-5-7-26)53-66-35(21-86-53)47(78)62-31(55(70)80)14-25-8-10-27(71)11-9-25/h3-13,18-23,30-31,37,42-44,71,75H,14-17H2,1-2H3,(H2,57,72)(H2,58,76)(H,59,81)(H,61,77)(H,62,78)(H,68,79)(H,73,74)/t23-,30-,31-,37-,42-,43-,44+/m0/s1. The lowest BCUT2D eigenvalue weighted by molar-refractivity contribution is -0.136. The summed E-state index contributed by atoms with van der Waals surface area (Å²) in [6, 6.07) is 13.0. The van der Waals surface area contributed by atoms with Crippen LogP contribution in [0.25, 0.3) is 43.4 Å². The molecule has 0 spiro atoms. The van der Waals surface area contributed by atoms with Gasteiger partial charge in [0.15, 0.2) is 0 Å². The van der Waals surface area contributed by atoms with E-state index in [1.807, 2.05) is 0 Å². The summed E-state index contributed by atoms with van der Waals surface area (Å²) >= 11 is 6.61. The first-order valence-corrected chi connectivity index (χ1v) is 31.7. The van der Waals surface area contributed by atoms with E-state index >= 15 is 4.79 Å². The lowest BCUT2D eigenvalue weighted by Gasteiger charge is -2.29. The van der Waals surface area contributed by atoms with Gasteiger partial charge in [-0.1, -0.05) is 49.4 Å². The van der Waals surface area contributed by atoms with Gasteiger partial charge in [0, 0.05) is 49.7 Å². The third kappa shape index (κ3) is 13.0. The molecule has 10 bridgehead atoms. The average molecular weight is 1300 g/mol. The maximum Gasteiger partial charge on any atom is 0.407 e. The van der Waals surface area contributed by atoms with Crippen molar-refractivity contribution >= 4 is 116 Å². The SMILES string of the molecule is Cc1sc2nc1C(=O)N[C@@H]([C@H](O)c1ccccc1)c1nc(cs1)C(=O)N[C@@H](Cc1ccc(O)cc1)C(=O)N1C[C@H](OC(=O)NCC(=O)O)[C@H](C)[C@H]1c1nc(cs1)-c1nc(cs1)-c1nc(-c3nc(C(N)=O)cs3)ccc1-c1nc(cs1)C(=O)N[C@H]2CC(N)=O. The Morgan fingerprint density at radius 3 is 2.07 bits per heavy atom. The third-order valence-electron chi connectivity index (χ3n) is 14.1. The molecular formula is C56H48N14O12S6. The van der Waals surface area contributed by atoms with Crippen LogP contribution >= 0.6 is 68.0 Å². The third-order valence-corrected chi connectivity index (χ3v) is 19.6. The van der Waals surface area contributed by atoms with Gasteiger partial charge in [0.05, 0.1) is 30.7 Å². The summed E-state index contributed by atoms with van der Waals surface area (Å²) in [5.41, 5.74) is 13.7. The predicted octanol–water partition coefficient (Wildman–Crippen LogP) is 6.21. The number of carbonyl (C=O) groups is 8. The van der Waals surface area contributed by atoms with Crippen LogP contribution in [0, 0.1) is 12.8 Å². The second-order valence-electron chi connectivity index (χ2n) is 20.1. The summed E-state index contributed by atoms with van der Waals surface area (Å²) in [5.74, 6) is -6.56. The maximum absolute atomic E-state index is 15.5. The Kier molecular flexibility index (Phi) is 17.5. The van der Waals surface area contributed by atoms with Crippen molar-refractivity contribution in [2.24, 2.45) is 17.4 Å². The van der Waals surface area contributed by atoms with Gasteiger partial charge in [-0.2, -0.15) is 0 Å². The van der Waals surface area contributed by atoms with Crippen LogP contribution in [0.5, 0.6) is 5.75 Å². The Labute approximate surface area is 521 Å². The number of carboxylic acid groups (broad SMARTS) is 1. The molecule has 1 fully saturated rings. The van der Waals surface area contributed by atoms with Gasteiger partial charge < -0.3 is 57.7 Å². The average Bonchev–Trinajstić information content (AvgIpc) is 2.19. The molecule has 2 aliphatic heterocycles. The van der Waals surface area contributed by atoms with E-state index in [9.17, 15) is 48.9 Å². The molecule has 0 saturated carbocycles. The minimum absolute atomic E-state index is 0.0322. The number of primary amides is 2. The van der Waals surface area contributed by atoms with Crippen molar-refractivity contribution in [1.29, 1.82) is 0 Å². The summed E-state index contributed by atoms with van der Waals surface area (Å²) in [4.78, 5) is 143. The number of aryl methyl sites for hydroxylation is 1. The predicted molar refractivity (Wildman–Crippen MR) is 324 cm³/mol. The minimum Gasteiger partial charge on any atom is -0.508 e. The molecule has 1 saturated heterocycles. The molecule has 9 heterocycles. The highest BCUT2D eigenvalue weighted by atomic mass is 32.1. The summed E-state index contributed by atoms with van der Waals surface area (Å²) in [5, 5.41) is 51.8. The van der Waals surface area contributed by atoms with Gasteiger partial charge in [0.1, 0.15) is 106 Å². The van der Waals surface area contributed by atoms with Crippen LogP contribution < -0.4 is 32.7 Å². The number of carbonyl (C=O) groups excluding carboxylic acids is 7. The van der Waals surface area contributed by atoms with Crippen LogP contribution in [0.15, 0.2) is 93.6 Å². The van der Waals surface area contributed by atoms with Crippen molar-refractivity contribution in [2.75, 3.05) is 13.1 Å². The highest BCUT2D eigenvalue weighted by molar-refractivity contribution is 7.15. The number of nitrogens with zero attached hydrogens (tertiary/aromatic N) is 8. The topological polar surface area (TPSA) is 400 Å². The summed E-state index contributed by atoms with van der Waals surface area (Å²) in [7, 11) is 0. The Hall–Kier alpha value is -9.31. The number of carboxylic acids is 1. The Bertz CT molecular complexity index is 4180. The van der Waals surface area contributed by atoms with Crippen LogP contribution in [0.3, 0.4) is 0 Å². The van der Waals surface area contributed by atoms with Gasteiger partial charge in [-0.05, 0) is 42.3 Å². The number of pyridine rings is 1. The number of hydrogen-bond donors (Lipinski definition) is 9. The summed E-state index contributed by atoms with van der Waals surface area (Å²) in [6.07, 6.45) is -4.10. The molecule has 88 heavy (non-hydrogen) atoms. The van der Waals surface area contributed by atoms with E-state index in [1.165, 1.54) is 55.8 Å². The van der Waals surface area contributed by atoms with Gasteiger partial charge in [0.25, 0.3) is 23.6 Å². The van der Waals surface area contributed by atoms with Gasteiger partial charge in [-0.15, -0.1) is 68.0 Å². The van der Waals surface area contributed by atoms with Crippen LogP contribution in [-0.4, -0.2) is 128 Å². The van der Waals surface area contributed by atoms with Crippen LogP contribution in [-0.2, 0) is 25.5 Å². The first-order valence-electron chi connectivity index (χ1n) is 26.5. The zero-order valence-corrected chi connectivity index (χ0v) is 50.7. The monoisotopic (exact) mass is 1300 g/mol. The van der Waals surface area contributed by atoms with E-state index in [1.54, 1.807) is 79.2 Å². The van der Waals surface area contributed by atoms with Gasteiger partial charge >= 0.3 is 12.1 Å². The smallest absolute Gasteiger partial charge is 0.407 e. The molecule has 11 N–H and O–H groups in total. The zero-order chi connectivity index (χ0) is 62.1. The van der Waals surface area contributed by atoms with Crippen LogP contribution in [0.4, 0.5) is 4.79 Å². The Morgan fingerprint density at radius 2 is 1.34 bits per heavy atom. The van der Waals surface area contributed by atoms with Gasteiger partial charge in [-0.25, -0.2) is 39.7 Å². The number of aromatic hydroxyl groups is 1. The largest absolute Gasteiger partial charge is 0.508 e. The van der Waals surface area contributed by atoms with E-state index in [0.717, 1.165) is 45.3 Å². The molecule has 0 aliphatic carbocycles. The molecule has 0 unspecified atom stereocenters. The lowest BCUT2D eigenvalue weighted by Crippen LogP contribution is -2.50. The molecular weight excluding hydrogens is 1250 g/mol. The molecule has 7 aromatic heterocycles. The zero-order valence-electron chi connectivity index (χ0n) is 45.8. The van der Waals surface area contributed by atoms with Crippen molar-refractivity contribution in [3.8, 4) is 49.1 Å². The normalized spacial score (nSPS) is 19.1. The number of rotatable bonds is 11. The molecule has 2 aliphatic rings. The van der Waals surface area contributed by atoms with Crippen molar-refractivity contribution < 1.29 is 58.4 Å². The number of aliphatic hydroxyl groups is 1. The van der Waals surface area contributed by atoms with E-state index in [-0.39, 0.29) is 51.5 Å². The number of benzene rings is 2. The molecule has 32 heteroatoms. The fraction of sp³-hybridized carbons (Fsp3) is 0.232. The van der Waals surface area contributed by atoms with E-state index in [0.29, 0.717) is 64.4 Å². The summed E-state index contributed by atoms with van der Waals surface area (Å²) in [6.45, 7) is 2.36. The molecule has 11 rings (SSSR count). The van der Waals surface area contributed by atoms with Crippen LogP contribution in [0.2, 0.25) is 0 Å². The number of nitrogens with one attached hydrogen (secondary N) is 4. The number of thiazole rings is 6. The van der Waals surface area contributed by atoms with Crippen molar-refractivity contribution in [2.45, 2.75) is 63.1 Å². The second-order valence-corrected chi connectivity index (χ2v) is 25.6. The fourth-order valence-electron chi connectivity index (χ4n) is 9.76. The number of fused-ring (bicyclic) bond motifs is 16. The lowest BCUT2D eigenvalue weighted by atomic mass is 10.00.